The quantitative estimate of drug-likeness (QED) is 0.553. The van der Waals surface area contributed by atoms with Crippen molar-refractivity contribution < 1.29 is 4.79 Å². The van der Waals surface area contributed by atoms with Crippen LogP contribution in [0.15, 0.2) is 0 Å². The highest BCUT2D eigenvalue weighted by Gasteiger charge is 1.96. The van der Waals surface area contributed by atoms with Gasteiger partial charge in [0, 0.05) is 19.5 Å². The van der Waals surface area contributed by atoms with E-state index in [4.69, 9.17) is 5.73 Å². The normalized spacial score (nSPS) is 8.55. The molecule has 3 N–H and O–H groups in total. The van der Waals surface area contributed by atoms with Crippen LogP contribution in [0.4, 0.5) is 0 Å². The summed E-state index contributed by atoms with van der Waals surface area (Å²) < 4.78 is 0. The van der Waals surface area contributed by atoms with Gasteiger partial charge in [0.15, 0.2) is 0 Å². The second kappa shape index (κ2) is 10.1. The van der Waals surface area contributed by atoms with Gasteiger partial charge in [-0.2, -0.15) is 12.6 Å². The van der Waals surface area contributed by atoms with Crippen LogP contribution in [0.2, 0.25) is 0 Å². The summed E-state index contributed by atoms with van der Waals surface area (Å²) in [7, 11) is 0. The first-order valence-corrected chi connectivity index (χ1v) is 4.02. The maximum absolute atomic E-state index is 10.8. The first-order valence-electron chi connectivity index (χ1n) is 3.39. The molecule has 0 spiro atoms. The standard InChI is InChI=1S/C6H14N2OS.ClH/c7-3-4-8-6(9)2-1-5-10;/h10H,1-5,7H2,(H,8,9);1H. The Morgan fingerprint density at radius 3 is 2.64 bits per heavy atom. The molecule has 0 saturated carbocycles. The Morgan fingerprint density at radius 2 is 2.18 bits per heavy atom. The van der Waals surface area contributed by atoms with Crippen LogP contribution in [0.3, 0.4) is 0 Å². The molecule has 68 valence electrons. The van der Waals surface area contributed by atoms with E-state index in [0.29, 0.717) is 19.5 Å². The van der Waals surface area contributed by atoms with E-state index in [0.717, 1.165) is 12.2 Å². The molecule has 0 fully saturated rings. The SMILES string of the molecule is Cl.NCCNC(=O)CCCS. The molecule has 0 bridgehead atoms. The van der Waals surface area contributed by atoms with Gasteiger partial charge < -0.3 is 11.1 Å². The van der Waals surface area contributed by atoms with E-state index < -0.39 is 0 Å². The van der Waals surface area contributed by atoms with Gasteiger partial charge in [0.1, 0.15) is 0 Å². The van der Waals surface area contributed by atoms with Crippen molar-refractivity contribution in [2.45, 2.75) is 12.8 Å². The third-order valence-electron chi connectivity index (χ3n) is 1.03. The van der Waals surface area contributed by atoms with Gasteiger partial charge in [0.2, 0.25) is 5.91 Å². The number of nitrogens with one attached hydrogen (secondary N) is 1. The lowest BCUT2D eigenvalue weighted by atomic mass is 10.3. The number of carbonyl (C=O) groups is 1. The van der Waals surface area contributed by atoms with E-state index in [9.17, 15) is 4.79 Å². The molecule has 5 heteroatoms. The third kappa shape index (κ3) is 10.1. The maximum Gasteiger partial charge on any atom is 0.220 e. The Bertz CT molecular complexity index is 92.6. The van der Waals surface area contributed by atoms with Gasteiger partial charge >= 0.3 is 0 Å². The molecule has 0 aliphatic heterocycles. The van der Waals surface area contributed by atoms with E-state index in [-0.39, 0.29) is 18.3 Å². The van der Waals surface area contributed by atoms with E-state index in [2.05, 4.69) is 17.9 Å². The van der Waals surface area contributed by atoms with Gasteiger partial charge in [-0.25, -0.2) is 0 Å². The zero-order valence-electron chi connectivity index (χ0n) is 6.38. The maximum atomic E-state index is 10.8. The van der Waals surface area contributed by atoms with E-state index in [1.54, 1.807) is 0 Å². The van der Waals surface area contributed by atoms with Crippen LogP contribution in [-0.2, 0) is 4.79 Å². The summed E-state index contributed by atoms with van der Waals surface area (Å²) in [5.74, 6) is 0.829. The second-order valence-electron chi connectivity index (χ2n) is 1.97. The summed E-state index contributed by atoms with van der Waals surface area (Å²) in [6.45, 7) is 1.08. The molecule has 3 nitrogen and oxygen atoms in total. The molecule has 0 aromatic rings. The largest absolute Gasteiger partial charge is 0.355 e. The van der Waals surface area contributed by atoms with Crippen molar-refractivity contribution in [2.75, 3.05) is 18.8 Å². The molecule has 0 heterocycles. The lowest BCUT2D eigenvalue weighted by molar-refractivity contribution is -0.121. The van der Waals surface area contributed by atoms with Gasteiger partial charge in [0.25, 0.3) is 0 Å². The predicted octanol–water partition coefficient (Wildman–Crippen LogP) is 0.193. The van der Waals surface area contributed by atoms with Crippen LogP contribution in [0.25, 0.3) is 0 Å². The molecule has 0 aliphatic rings. The monoisotopic (exact) mass is 198 g/mol. The van der Waals surface area contributed by atoms with Gasteiger partial charge in [-0.1, -0.05) is 0 Å². The molecular weight excluding hydrogens is 184 g/mol. The Hall–Kier alpha value is 0.0700. The highest BCUT2D eigenvalue weighted by molar-refractivity contribution is 7.80. The van der Waals surface area contributed by atoms with Crippen LogP contribution >= 0.6 is 25.0 Å². The molecule has 0 aromatic carbocycles. The van der Waals surface area contributed by atoms with Crippen molar-refractivity contribution in [3.05, 3.63) is 0 Å². The Labute approximate surface area is 78.9 Å². The van der Waals surface area contributed by atoms with Gasteiger partial charge in [-0.05, 0) is 12.2 Å². The number of amides is 1. The van der Waals surface area contributed by atoms with Crippen molar-refractivity contribution in [1.29, 1.82) is 0 Å². The van der Waals surface area contributed by atoms with Gasteiger partial charge in [-0.3, -0.25) is 4.79 Å². The lowest BCUT2D eigenvalue weighted by Crippen LogP contribution is -2.28. The number of nitrogens with two attached hydrogens (primary N) is 1. The summed E-state index contributed by atoms with van der Waals surface area (Å²) in [6.07, 6.45) is 1.39. The first kappa shape index (κ1) is 13.6. The number of rotatable bonds is 5. The first-order chi connectivity index (χ1) is 4.81. The second-order valence-corrected chi connectivity index (χ2v) is 2.41. The highest BCUT2D eigenvalue weighted by atomic mass is 35.5. The number of thiol groups is 1. The van der Waals surface area contributed by atoms with Crippen LogP contribution in [0.1, 0.15) is 12.8 Å². The molecule has 0 rings (SSSR count). The molecule has 0 aromatic heterocycles. The van der Waals surface area contributed by atoms with Crippen molar-refractivity contribution in [3.8, 4) is 0 Å². The number of halogens is 1. The van der Waals surface area contributed by atoms with E-state index >= 15 is 0 Å². The van der Waals surface area contributed by atoms with Crippen LogP contribution < -0.4 is 11.1 Å². The summed E-state index contributed by atoms with van der Waals surface area (Å²) in [5, 5.41) is 2.67. The van der Waals surface area contributed by atoms with Crippen molar-refractivity contribution in [3.63, 3.8) is 0 Å². The number of carbonyl (C=O) groups excluding carboxylic acids is 1. The van der Waals surface area contributed by atoms with E-state index in [1.165, 1.54) is 0 Å². The van der Waals surface area contributed by atoms with Crippen molar-refractivity contribution >= 4 is 30.9 Å². The molecule has 0 aliphatic carbocycles. The Balaban J connectivity index is 0. The van der Waals surface area contributed by atoms with Gasteiger partial charge in [0.05, 0.1) is 0 Å². The van der Waals surface area contributed by atoms with Gasteiger partial charge in [-0.15, -0.1) is 12.4 Å². The predicted molar refractivity (Wildman–Crippen MR) is 52.4 cm³/mol. The summed E-state index contributed by atoms with van der Waals surface area (Å²) in [6, 6.07) is 0. The zero-order valence-corrected chi connectivity index (χ0v) is 8.09. The van der Waals surface area contributed by atoms with Crippen LogP contribution in [0.5, 0.6) is 0 Å². The number of hydrogen-bond donors (Lipinski definition) is 3. The Morgan fingerprint density at radius 1 is 1.55 bits per heavy atom. The molecule has 11 heavy (non-hydrogen) atoms. The van der Waals surface area contributed by atoms with E-state index in [1.807, 2.05) is 0 Å². The fraction of sp³-hybridized carbons (Fsp3) is 0.833. The molecule has 0 radical (unpaired) electrons. The van der Waals surface area contributed by atoms with Crippen LogP contribution in [-0.4, -0.2) is 24.7 Å². The minimum Gasteiger partial charge on any atom is -0.355 e. The molecule has 0 saturated heterocycles. The number of hydrogen-bond acceptors (Lipinski definition) is 3. The lowest BCUT2D eigenvalue weighted by Gasteiger charge is -2.00. The molecule has 1 amide bonds. The summed E-state index contributed by atoms with van der Waals surface area (Å²) >= 11 is 3.98. The minimum absolute atomic E-state index is 0. The average Bonchev–Trinajstić information content (AvgIpc) is 1.97. The minimum atomic E-state index is 0. The topological polar surface area (TPSA) is 55.1 Å². The van der Waals surface area contributed by atoms with Crippen molar-refractivity contribution in [1.82, 2.24) is 5.32 Å². The highest BCUT2D eigenvalue weighted by Crippen LogP contribution is 1.89. The summed E-state index contributed by atoms with van der Waals surface area (Å²) in [5.41, 5.74) is 5.18. The average molecular weight is 199 g/mol. The fourth-order valence-corrected chi connectivity index (χ4v) is 0.698. The third-order valence-corrected chi connectivity index (χ3v) is 1.34. The fourth-order valence-electron chi connectivity index (χ4n) is 0.540. The van der Waals surface area contributed by atoms with Crippen molar-refractivity contribution in [2.24, 2.45) is 5.73 Å². The molecule has 0 unspecified atom stereocenters. The smallest absolute Gasteiger partial charge is 0.220 e. The Kier molecular flexibility index (Phi) is 12.5. The van der Waals surface area contributed by atoms with Crippen LogP contribution in [0, 0.1) is 0 Å². The zero-order chi connectivity index (χ0) is 7.82. The molecule has 0 atom stereocenters. The molecular formula is C6H15ClN2OS. The summed E-state index contributed by atoms with van der Waals surface area (Å²) in [4.78, 5) is 10.8.